The Balaban J connectivity index is 2.14. The maximum atomic E-state index is 9.43. The zero-order valence-corrected chi connectivity index (χ0v) is 14.0. The largest absolute Gasteiger partial charge is 0.493 e. The molecule has 0 spiro atoms. The third-order valence-corrected chi connectivity index (χ3v) is 4.05. The van der Waals surface area contributed by atoms with Crippen LogP contribution in [0.25, 0.3) is 0 Å². The van der Waals surface area contributed by atoms with Gasteiger partial charge in [0.25, 0.3) is 0 Å². The van der Waals surface area contributed by atoms with Gasteiger partial charge in [0.15, 0.2) is 11.5 Å². The Morgan fingerprint density at radius 2 is 1.70 bits per heavy atom. The fourth-order valence-corrected chi connectivity index (χ4v) is 2.68. The number of nitrogens with one attached hydrogen (secondary N) is 1. The molecule has 0 aromatic heterocycles. The van der Waals surface area contributed by atoms with E-state index in [0.717, 1.165) is 34.6 Å². The van der Waals surface area contributed by atoms with E-state index in [4.69, 9.17) is 9.47 Å². The average molecular weight is 315 g/mol. The van der Waals surface area contributed by atoms with E-state index >= 15 is 0 Å². The van der Waals surface area contributed by atoms with Crippen molar-refractivity contribution in [2.24, 2.45) is 0 Å². The fourth-order valence-electron chi connectivity index (χ4n) is 2.68. The van der Waals surface area contributed by atoms with Crippen LogP contribution >= 0.6 is 0 Å². The molecule has 23 heavy (non-hydrogen) atoms. The van der Waals surface area contributed by atoms with Crippen LogP contribution in [-0.2, 0) is 13.2 Å². The summed E-state index contributed by atoms with van der Waals surface area (Å²) in [5, 5.41) is 13.0. The average Bonchev–Trinajstić information content (AvgIpc) is 2.62. The van der Waals surface area contributed by atoms with Gasteiger partial charge in [-0.15, -0.1) is 0 Å². The second-order valence-corrected chi connectivity index (χ2v) is 5.38. The number of methoxy groups -OCH3 is 2. The molecule has 1 unspecified atom stereocenters. The summed E-state index contributed by atoms with van der Waals surface area (Å²) in [6.45, 7) is 2.92. The van der Waals surface area contributed by atoms with Crippen LogP contribution in [0.4, 0.5) is 0 Å². The topological polar surface area (TPSA) is 50.7 Å². The minimum atomic E-state index is 0.0605. The third kappa shape index (κ3) is 4.24. The molecule has 0 aliphatic rings. The zero-order valence-electron chi connectivity index (χ0n) is 14.0. The summed E-state index contributed by atoms with van der Waals surface area (Å²) in [4.78, 5) is 0. The number of aliphatic hydroxyl groups excluding tert-OH is 1. The van der Waals surface area contributed by atoms with Crippen molar-refractivity contribution in [2.45, 2.75) is 32.5 Å². The Kier molecular flexibility index (Phi) is 6.44. The van der Waals surface area contributed by atoms with E-state index < -0.39 is 0 Å². The Morgan fingerprint density at radius 1 is 1.00 bits per heavy atom. The Bertz CT molecular complexity index is 628. The highest BCUT2D eigenvalue weighted by molar-refractivity contribution is 5.43. The first-order valence-corrected chi connectivity index (χ1v) is 7.86. The number of hydrogen-bond donors (Lipinski definition) is 2. The first-order valence-electron chi connectivity index (χ1n) is 7.86. The summed E-state index contributed by atoms with van der Waals surface area (Å²) in [5.74, 6) is 1.47. The van der Waals surface area contributed by atoms with Crippen LogP contribution in [-0.4, -0.2) is 19.3 Å². The van der Waals surface area contributed by atoms with Gasteiger partial charge in [-0.2, -0.15) is 0 Å². The van der Waals surface area contributed by atoms with Gasteiger partial charge in [0.2, 0.25) is 0 Å². The maximum absolute atomic E-state index is 9.43. The lowest BCUT2D eigenvalue weighted by molar-refractivity contribution is 0.280. The second-order valence-electron chi connectivity index (χ2n) is 5.38. The molecule has 0 bridgehead atoms. The minimum absolute atomic E-state index is 0.0605. The maximum Gasteiger partial charge on any atom is 0.161 e. The van der Waals surface area contributed by atoms with E-state index in [1.807, 2.05) is 36.4 Å². The highest BCUT2D eigenvalue weighted by Gasteiger charge is 2.13. The van der Waals surface area contributed by atoms with Gasteiger partial charge in [-0.3, -0.25) is 0 Å². The van der Waals surface area contributed by atoms with E-state index in [0.29, 0.717) is 6.54 Å². The molecule has 2 N–H and O–H groups in total. The van der Waals surface area contributed by atoms with Crippen molar-refractivity contribution in [2.75, 3.05) is 14.2 Å². The molecular formula is C19H25NO3. The number of benzene rings is 2. The molecule has 124 valence electrons. The predicted octanol–water partition coefficient (Wildman–Crippen LogP) is 3.44. The summed E-state index contributed by atoms with van der Waals surface area (Å²) in [6.07, 6.45) is 0.955. The molecule has 0 amide bonds. The summed E-state index contributed by atoms with van der Waals surface area (Å²) >= 11 is 0. The van der Waals surface area contributed by atoms with Crippen molar-refractivity contribution in [3.63, 3.8) is 0 Å². The van der Waals surface area contributed by atoms with Gasteiger partial charge in [0, 0.05) is 12.6 Å². The molecule has 4 nitrogen and oxygen atoms in total. The van der Waals surface area contributed by atoms with E-state index in [2.05, 4.69) is 18.3 Å². The molecule has 2 aromatic rings. The molecule has 0 heterocycles. The van der Waals surface area contributed by atoms with Crippen LogP contribution in [0.2, 0.25) is 0 Å². The zero-order chi connectivity index (χ0) is 16.7. The third-order valence-electron chi connectivity index (χ3n) is 4.05. The molecule has 1 atom stereocenters. The molecule has 0 saturated heterocycles. The smallest absolute Gasteiger partial charge is 0.161 e. The standard InChI is InChI=1S/C19H25NO3/c1-4-17(14-9-10-18(22-2)19(11-14)23-3)20-12-15-7-5-6-8-16(15)13-21/h5-11,17,20-21H,4,12-13H2,1-3H3. The lowest BCUT2D eigenvalue weighted by atomic mass is 10.0. The molecule has 0 fully saturated rings. The van der Waals surface area contributed by atoms with Crippen LogP contribution < -0.4 is 14.8 Å². The minimum Gasteiger partial charge on any atom is -0.493 e. The van der Waals surface area contributed by atoms with Crippen molar-refractivity contribution < 1.29 is 14.6 Å². The van der Waals surface area contributed by atoms with E-state index in [-0.39, 0.29) is 12.6 Å². The Labute approximate surface area is 138 Å². The van der Waals surface area contributed by atoms with E-state index in [1.165, 1.54) is 0 Å². The van der Waals surface area contributed by atoms with Gasteiger partial charge in [-0.05, 0) is 35.2 Å². The SMILES string of the molecule is CCC(NCc1ccccc1CO)c1ccc(OC)c(OC)c1. The van der Waals surface area contributed by atoms with Gasteiger partial charge in [0.1, 0.15) is 0 Å². The van der Waals surface area contributed by atoms with Gasteiger partial charge in [-0.25, -0.2) is 0 Å². The normalized spacial score (nSPS) is 12.0. The molecular weight excluding hydrogens is 290 g/mol. The monoisotopic (exact) mass is 315 g/mol. The summed E-state index contributed by atoms with van der Waals surface area (Å²) in [6, 6.07) is 14.1. The first kappa shape index (κ1) is 17.3. The molecule has 0 saturated carbocycles. The van der Waals surface area contributed by atoms with Gasteiger partial charge in [-0.1, -0.05) is 37.3 Å². The van der Waals surface area contributed by atoms with Crippen molar-refractivity contribution >= 4 is 0 Å². The van der Waals surface area contributed by atoms with Crippen molar-refractivity contribution in [1.82, 2.24) is 5.32 Å². The molecule has 0 aliphatic heterocycles. The van der Waals surface area contributed by atoms with Crippen LogP contribution in [0, 0.1) is 0 Å². The molecule has 0 radical (unpaired) electrons. The Morgan fingerprint density at radius 3 is 2.30 bits per heavy atom. The number of rotatable bonds is 8. The Hall–Kier alpha value is -2.04. The first-order chi connectivity index (χ1) is 11.2. The van der Waals surface area contributed by atoms with Crippen molar-refractivity contribution in [1.29, 1.82) is 0 Å². The van der Waals surface area contributed by atoms with Gasteiger partial charge >= 0.3 is 0 Å². The van der Waals surface area contributed by atoms with Crippen LogP contribution in [0.3, 0.4) is 0 Å². The quantitative estimate of drug-likeness (QED) is 0.783. The van der Waals surface area contributed by atoms with Gasteiger partial charge < -0.3 is 19.9 Å². The van der Waals surface area contributed by atoms with Crippen molar-refractivity contribution in [3.05, 3.63) is 59.2 Å². The van der Waals surface area contributed by atoms with Gasteiger partial charge in [0.05, 0.1) is 20.8 Å². The number of aliphatic hydroxyl groups is 1. The summed E-state index contributed by atoms with van der Waals surface area (Å²) in [7, 11) is 3.28. The van der Waals surface area contributed by atoms with Crippen LogP contribution in [0.15, 0.2) is 42.5 Å². The predicted molar refractivity (Wildman–Crippen MR) is 91.8 cm³/mol. The summed E-state index contributed by atoms with van der Waals surface area (Å²) < 4.78 is 10.7. The molecule has 4 heteroatoms. The molecule has 2 aromatic carbocycles. The lowest BCUT2D eigenvalue weighted by Gasteiger charge is -2.20. The van der Waals surface area contributed by atoms with E-state index in [9.17, 15) is 5.11 Å². The number of ether oxygens (including phenoxy) is 2. The van der Waals surface area contributed by atoms with Crippen LogP contribution in [0.1, 0.15) is 36.1 Å². The molecule has 0 aliphatic carbocycles. The van der Waals surface area contributed by atoms with Crippen LogP contribution in [0.5, 0.6) is 11.5 Å². The molecule has 2 rings (SSSR count). The van der Waals surface area contributed by atoms with E-state index in [1.54, 1.807) is 14.2 Å². The lowest BCUT2D eigenvalue weighted by Crippen LogP contribution is -2.21. The highest BCUT2D eigenvalue weighted by Crippen LogP contribution is 2.31. The number of hydrogen-bond acceptors (Lipinski definition) is 4. The fraction of sp³-hybridized carbons (Fsp3) is 0.368. The van der Waals surface area contributed by atoms with Crippen molar-refractivity contribution in [3.8, 4) is 11.5 Å². The second kappa shape index (κ2) is 8.56. The highest BCUT2D eigenvalue weighted by atomic mass is 16.5. The summed E-state index contributed by atoms with van der Waals surface area (Å²) in [5.41, 5.74) is 3.24.